The normalized spacial score (nSPS) is 19.6. The van der Waals surface area contributed by atoms with E-state index in [1.54, 1.807) is 6.07 Å². The largest absolute Gasteiger partial charge is 0.385 e. The summed E-state index contributed by atoms with van der Waals surface area (Å²) in [5, 5.41) is 3.20. The van der Waals surface area contributed by atoms with Crippen LogP contribution in [0.15, 0.2) is 18.2 Å². The smallest absolute Gasteiger partial charge is 0.249 e. The lowest BCUT2D eigenvalue weighted by molar-refractivity contribution is 0.0999. The van der Waals surface area contributed by atoms with Crippen LogP contribution >= 0.6 is 0 Å². The molecule has 4 heteroatoms. The lowest BCUT2D eigenvalue weighted by Gasteiger charge is -2.25. The summed E-state index contributed by atoms with van der Waals surface area (Å²) in [7, 11) is 0. The highest BCUT2D eigenvalue weighted by Crippen LogP contribution is 2.30. The number of rotatable bonds is 1. The van der Waals surface area contributed by atoms with E-state index < -0.39 is 5.91 Å². The van der Waals surface area contributed by atoms with Crippen LogP contribution in [0.25, 0.3) is 0 Å². The Balaban J connectivity index is 2.57. The molecule has 1 amide bonds. The van der Waals surface area contributed by atoms with Gasteiger partial charge in [-0.1, -0.05) is 6.07 Å². The molecule has 0 saturated heterocycles. The van der Waals surface area contributed by atoms with Crippen LogP contribution in [0.2, 0.25) is 0 Å². The van der Waals surface area contributed by atoms with Crippen LogP contribution in [-0.4, -0.2) is 12.5 Å². The second kappa shape index (κ2) is 3.31. The number of hydrogen-bond donors (Lipinski definition) is 3. The third kappa shape index (κ3) is 1.33. The molecule has 0 spiro atoms. The van der Waals surface area contributed by atoms with Gasteiger partial charge < -0.3 is 16.8 Å². The van der Waals surface area contributed by atoms with Gasteiger partial charge in [0, 0.05) is 29.4 Å². The van der Waals surface area contributed by atoms with Gasteiger partial charge >= 0.3 is 0 Å². The Kier molecular flexibility index (Phi) is 2.13. The monoisotopic (exact) mass is 191 g/mol. The number of fused-ring (bicyclic) bond motifs is 1. The van der Waals surface area contributed by atoms with Crippen molar-refractivity contribution in [3.8, 4) is 0 Å². The van der Waals surface area contributed by atoms with Gasteiger partial charge in [0.1, 0.15) is 0 Å². The molecule has 1 heterocycles. The highest BCUT2D eigenvalue weighted by atomic mass is 16.1. The van der Waals surface area contributed by atoms with E-state index in [4.69, 9.17) is 11.5 Å². The molecule has 2 rings (SSSR count). The molecule has 5 N–H and O–H groups in total. The molecule has 1 aliphatic rings. The van der Waals surface area contributed by atoms with Crippen LogP contribution in [0, 0.1) is 0 Å². The Bertz CT molecular complexity index is 376. The van der Waals surface area contributed by atoms with Gasteiger partial charge in [0.15, 0.2) is 0 Å². The molecule has 1 aromatic carbocycles. The molecule has 74 valence electrons. The van der Waals surface area contributed by atoms with Crippen LogP contribution in [0.3, 0.4) is 0 Å². The average molecular weight is 191 g/mol. The second-order valence-corrected chi connectivity index (χ2v) is 3.45. The Morgan fingerprint density at radius 1 is 1.50 bits per heavy atom. The van der Waals surface area contributed by atoms with Gasteiger partial charge in [-0.25, -0.2) is 0 Å². The summed E-state index contributed by atoms with van der Waals surface area (Å²) in [5.74, 6) is -0.416. The van der Waals surface area contributed by atoms with Crippen molar-refractivity contribution >= 4 is 11.6 Å². The zero-order valence-corrected chi connectivity index (χ0v) is 7.79. The molecule has 0 aromatic heterocycles. The molecule has 0 unspecified atom stereocenters. The predicted molar refractivity (Wildman–Crippen MR) is 55.0 cm³/mol. The third-order valence-electron chi connectivity index (χ3n) is 2.51. The zero-order chi connectivity index (χ0) is 10.1. The van der Waals surface area contributed by atoms with Gasteiger partial charge in [0.2, 0.25) is 5.91 Å². The van der Waals surface area contributed by atoms with E-state index in [2.05, 4.69) is 5.32 Å². The maximum absolute atomic E-state index is 11.2. The number of nitrogens with one attached hydrogen (secondary N) is 1. The van der Waals surface area contributed by atoms with E-state index in [1.165, 1.54) is 0 Å². The maximum atomic E-state index is 11.2. The molecule has 0 saturated carbocycles. The van der Waals surface area contributed by atoms with E-state index in [0.717, 1.165) is 24.2 Å². The van der Waals surface area contributed by atoms with Crippen LogP contribution < -0.4 is 16.8 Å². The van der Waals surface area contributed by atoms with Gasteiger partial charge in [-0.2, -0.15) is 0 Å². The molecule has 4 nitrogen and oxygen atoms in total. The van der Waals surface area contributed by atoms with Crippen LogP contribution in [0.5, 0.6) is 0 Å². The number of amides is 1. The summed E-state index contributed by atoms with van der Waals surface area (Å²) >= 11 is 0. The first kappa shape index (κ1) is 9.02. The quantitative estimate of drug-likeness (QED) is 0.608. The van der Waals surface area contributed by atoms with E-state index in [9.17, 15) is 4.79 Å². The number of anilines is 1. The Morgan fingerprint density at radius 2 is 2.29 bits per heavy atom. The topological polar surface area (TPSA) is 81.1 Å². The van der Waals surface area contributed by atoms with Crippen molar-refractivity contribution in [2.45, 2.75) is 12.5 Å². The van der Waals surface area contributed by atoms with E-state index in [1.807, 2.05) is 12.1 Å². The standard InChI is InChI=1S/C10H13N3O/c11-7-4-5-13-8-3-1-2-6(9(7)8)10(12)14/h1-3,7,13H,4-5,11H2,(H2,12,14)/t7-/m1/s1. The molecule has 1 aliphatic heterocycles. The minimum absolute atomic E-state index is 0.0880. The second-order valence-electron chi connectivity index (χ2n) is 3.45. The summed E-state index contributed by atoms with van der Waals surface area (Å²) in [5.41, 5.74) is 13.5. The van der Waals surface area contributed by atoms with Crippen LogP contribution in [0.4, 0.5) is 5.69 Å². The van der Waals surface area contributed by atoms with Crippen LogP contribution in [0.1, 0.15) is 28.4 Å². The third-order valence-corrected chi connectivity index (χ3v) is 2.51. The van der Waals surface area contributed by atoms with Gasteiger partial charge in [-0.05, 0) is 18.6 Å². The summed E-state index contributed by atoms with van der Waals surface area (Å²) < 4.78 is 0. The van der Waals surface area contributed by atoms with Crippen molar-refractivity contribution in [1.29, 1.82) is 0 Å². The van der Waals surface area contributed by atoms with Crippen molar-refractivity contribution in [3.05, 3.63) is 29.3 Å². The summed E-state index contributed by atoms with van der Waals surface area (Å²) in [6.07, 6.45) is 0.831. The highest BCUT2D eigenvalue weighted by molar-refractivity contribution is 5.96. The van der Waals surface area contributed by atoms with Crippen molar-refractivity contribution in [3.63, 3.8) is 0 Å². The minimum Gasteiger partial charge on any atom is -0.385 e. The van der Waals surface area contributed by atoms with E-state index in [-0.39, 0.29) is 6.04 Å². The number of primary amides is 1. The molecule has 0 bridgehead atoms. The Morgan fingerprint density at radius 3 is 3.00 bits per heavy atom. The molecule has 0 fully saturated rings. The van der Waals surface area contributed by atoms with Gasteiger partial charge in [0.25, 0.3) is 0 Å². The fourth-order valence-corrected chi connectivity index (χ4v) is 1.84. The van der Waals surface area contributed by atoms with E-state index in [0.29, 0.717) is 5.56 Å². The summed E-state index contributed by atoms with van der Waals surface area (Å²) in [6, 6.07) is 5.36. The summed E-state index contributed by atoms with van der Waals surface area (Å²) in [6.45, 7) is 0.844. The number of nitrogens with two attached hydrogens (primary N) is 2. The molecule has 1 aromatic rings. The SMILES string of the molecule is NC(=O)c1cccc2c1[C@H](N)CCN2. The number of carbonyl (C=O) groups excluding carboxylic acids is 1. The first-order chi connectivity index (χ1) is 6.70. The highest BCUT2D eigenvalue weighted by Gasteiger charge is 2.21. The lowest BCUT2D eigenvalue weighted by Crippen LogP contribution is -2.26. The molecular formula is C10H13N3O. The molecule has 0 radical (unpaired) electrons. The first-order valence-electron chi connectivity index (χ1n) is 4.62. The number of carbonyl (C=O) groups is 1. The van der Waals surface area contributed by atoms with Gasteiger partial charge in [-0.3, -0.25) is 4.79 Å². The fraction of sp³-hybridized carbons (Fsp3) is 0.300. The molecule has 1 atom stereocenters. The van der Waals surface area contributed by atoms with Crippen molar-refractivity contribution in [2.24, 2.45) is 11.5 Å². The van der Waals surface area contributed by atoms with Gasteiger partial charge in [0.05, 0.1) is 0 Å². The molecule has 0 aliphatic carbocycles. The molecular weight excluding hydrogens is 178 g/mol. The van der Waals surface area contributed by atoms with Crippen LogP contribution in [-0.2, 0) is 0 Å². The molecule has 14 heavy (non-hydrogen) atoms. The Hall–Kier alpha value is -1.55. The number of benzene rings is 1. The van der Waals surface area contributed by atoms with Crippen molar-refractivity contribution < 1.29 is 4.79 Å². The zero-order valence-electron chi connectivity index (χ0n) is 7.79. The van der Waals surface area contributed by atoms with Gasteiger partial charge in [-0.15, -0.1) is 0 Å². The predicted octanol–water partition coefficient (Wildman–Crippen LogP) is 0.601. The maximum Gasteiger partial charge on any atom is 0.249 e. The van der Waals surface area contributed by atoms with Crippen molar-refractivity contribution in [1.82, 2.24) is 0 Å². The lowest BCUT2D eigenvalue weighted by atomic mass is 9.93. The van der Waals surface area contributed by atoms with E-state index >= 15 is 0 Å². The minimum atomic E-state index is -0.416. The number of hydrogen-bond acceptors (Lipinski definition) is 3. The summed E-state index contributed by atoms with van der Waals surface area (Å²) in [4.78, 5) is 11.2. The fourth-order valence-electron chi connectivity index (χ4n) is 1.84. The average Bonchev–Trinajstić information content (AvgIpc) is 2.17. The Labute approximate surface area is 82.3 Å². The first-order valence-corrected chi connectivity index (χ1v) is 4.62. The van der Waals surface area contributed by atoms with Crippen molar-refractivity contribution in [2.75, 3.05) is 11.9 Å².